The fourth-order valence-electron chi connectivity index (χ4n) is 3.18. The fourth-order valence-corrected chi connectivity index (χ4v) is 3.68. The third-order valence-corrected chi connectivity index (χ3v) is 5.31. The SMILES string of the molecule is [C-]#[N+]c1ccc(CCCNc2ncc(-c3ncc(C)[nH]3)c(-c3ccc(Cl)cc3Cl)n2)nc1. The summed E-state index contributed by atoms with van der Waals surface area (Å²) in [6.07, 6.45) is 6.71. The molecule has 0 aliphatic heterocycles. The van der Waals surface area contributed by atoms with Crippen molar-refractivity contribution in [3.8, 4) is 22.6 Å². The average molecular weight is 464 g/mol. The molecule has 0 fully saturated rings. The van der Waals surface area contributed by atoms with Gasteiger partial charge in [0.05, 0.1) is 22.9 Å². The Bertz CT molecular complexity index is 1280. The van der Waals surface area contributed by atoms with Crippen LogP contribution in [0.25, 0.3) is 27.5 Å². The van der Waals surface area contributed by atoms with Gasteiger partial charge in [-0.1, -0.05) is 35.3 Å². The topological polar surface area (TPSA) is 83.7 Å². The molecule has 3 heterocycles. The summed E-state index contributed by atoms with van der Waals surface area (Å²) in [6.45, 7) is 9.59. The van der Waals surface area contributed by atoms with Gasteiger partial charge in [-0.2, -0.15) is 0 Å². The molecule has 160 valence electrons. The summed E-state index contributed by atoms with van der Waals surface area (Å²) in [4.78, 5) is 24.5. The molecule has 4 rings (SSSR count). The van der Waals surface area contributed by atoms with Gasteiger partial charge < -0.3 is 10.3 Å². The maximum absolute atomic E-state index is 6.99. The van der Waals surface area contributed by atoms with E-state index in [-0.39, 0.29) is 0 Å². The monoisotopic (exact) mass is 463 g/mol. The minimum Gasteiger partial charge on any atom is -0.354 e. The molecule has 7 nitrogen and oxygen atoms in total. The molecular formula is C23H19Cl2N7. The predicted molar refractivity (Wildman–Crippen MR) is 127 cm³/mol. The molecular weight excluding hydrogens is 445 g/mol. The van der Waals surface area contributed by atoms with Gasteiger partial charge in [0.2, 0.25) is 11.6 Å². The molecule has 0 saturated heterocycles. The van der Waals surface area contributed by atoms with Crippen molar-refractivity contribution in [1.29, 1.82) is 0 Å². The number of nitrogens with zero attached hydrogens (tertiary/aromatic N) is 5. The Labute approximate surface area is 195 Å². The molecule has 3 aromatic heterocycles. The molecule has 0 radical (unpaired) electrons. The molecule has 0 atom stereocenters. The van der Waals surface area contributed by atoms with Crippen LogP contribution in [0.3, 0.4) is 0 Å². The summed E-state index contributed by atoms with van der Waals surface area (Å²) in [6, 6.07) is 8.97. The molecule has 1 aromatic carbocycles. The van der Waals surface area contributed by atoms with Gasteiger partial charge in [-0.25, -0.2) is 19.8 Å². The van der Waals surface area contributed by atoms with E-state index in [1.165, 1.54) is 0 Å². The molecule has 0 aliphatic rings. The standard InChI is InChI=1S/C23H19Cl2N7/c1-14-11-29-22(31-14)19-13-30-23(32-21(19)18-8-5-15(24)10-20(18)25)27-9-3-4-16-6-7-17(26-2)12-28-16/h5-8,10-13H,3-4,9H2,1H3,(H,29,31)(H,27,30,32). The highest BCUT2D eigenvalue weighted by molar-refractivity contribution is 6.36. The third-order valence-electron chi connectivity index (χ3n) is 4.76. The quantitative estimate of drug-likeness (QED) is 0.254. The summed E-state index contributed by atoms with van der Waals surface area (Å²) in [7, 11) is 0. The Morgan fingerprint density at radius 3 is 2.59 bits per heavy atom. The van der Waals surface area contributed by atoms with Crippen LogP contribution < -0.4 is 5.32 Å². The molecule has 0 bridgehead atoms. The maximum atomic E-state index is 6.99. The van der Waals surface area contributed by atoms with Crippen LogP contribution in [-0.2, 0) is 6.42 Å². The van der Waals surface area contributed by atoms with E-state index >= 15 is 0 Å². The van der Waals surface area contributed by atoms with Crippen molar-refractivity contribution in [1.82, 2.24) is 24.9 Å². The summed E-state index contributed by atoms with van der Waals surface area (Å²) in [5.74, 6) is 1.17. The van der Waals surface area contributed by atoms with Crippen molar-refractivity contribution < 1.29 is 0 Å². The van der Waals surface area contributed by atoms with E-state index in [1.54, 1.807) is 36.8 Å². The highest BCUT2D eigenvalue weighted by Gasteiger charge is 2.16. The first-order valence-corrected chi connectivity index (χ1v) is 10.7. The number of aromatic amines is 1. The van der Waals surface area contributed by atoms with Gasteiger partial charge in [0.1, 0.15) is 5.82 Å². The van der Waals surface area contributed by atoms with Crippen LogP contribution in [0.1, 0.15) is 17.8 Å². The second-order valence-corrected chi connectivity index (χ2v) is 7.99. The van der Waals surface area contributed by atoms with E-state index in [1.807, 2.05) is 19.1 Å². The largest absolute Gasteiger partial charge is 0.354 e. The molecule has 32 heavy (non-hydrogen) atoms. The van der Waals surface area contributed by atoms with Crippen LogP contribution in [0, 0.1) is 13.5 Å². The molecule has 0 amide bonds. The number of aromatic nitrogens is 5. The fraction of sp³-hybridized carbons (Fsp3) is 0.174. The number of hydrogen-bond donors (Lipinski definition) is 2. The number of anilines is 1. The number of H-pyrrole nitrogens is 1. The second-order valence-electron chi connectivity index (χ2n) is 7.14. The highest BCUT2D eigenvalue weighted by Crippen LogP contribution is 2.35. The average Bonchev–Trinajstić information content (AvgIpc) is 3.23. The first-order valence-electron chi connectivity index (χ1n) is 9.94. The number of hydrogen-bond acceptors (Lipinski definition) is 5. The first-order chi connectivity index (χ1) is 15.5. The van der Waals surface area contributed by atoms with E-state index in [9.17, 15) is 0 Å². The van der Waals surface area contributed by atoms with Gasteiger partial charge in [0, 0.05) is 47.1 Å². The molecule has 0 spiro atoms. The van der Waals surface area contributed by atoms with Crippen LogP contribution in [0.4, 0.5) is 11.6 Å². The number of imidazole rings is 1. The molecule has 0 saturated carbocycles. The van der Waals surface area contributed by atoms with E-state index < -0.39 is 0 Å². The molecule has 0 unspecified atom stereocenters. The van der Waals surface area contributed by atoms with Gasteiger partial charge in [0.15, 0.2) is 0 Å². The van der Waals surface area contributed by atoms with E-state index in [2.05, 4.69) is 30.1 Å². The maximum Gasteiger partial charge on any atom is 0.223 e. The molecule has 9 heteroatoms. The third kappa shape index (κ3) is 5.05. The van der Waals surface area contributed by atoms with Crippen molar-refractivity contribution >= 4 is 34.8 Å². The van der Waals surface area contributed by atoms with Crippen molar-refractivity contribution in [2.75, 3.05) is 11.9 Å². The number of rotatable bonds is 7. The van der Waals surface area contributed by atoms with Crippen LogP contribution in [0.5, 0.6) is 0 Å². The minimum atomic E-state index is 0.495. The number of nitrogens with one attached hydrogen (secondary N) is 2. The number of pyridine rings is 1. The smallest absolute Gasteiger partial charge is 0.223 e. The number of benzene rings is 1. The molecule has 0 aliphatic carbocycles. The van der Waals surface area contributed by atoms with Crippen molar-refractivity contribution in [2.45, 2.75) is 19.8 Å². The highest BCUT2D eigenvalue weighted by atomic mass is 35.5. The summed E-state index contributed by atoms with van der Waals surface area (Å²) in [5.41, 5.74) is 4.58. The lowest BCUT2D eigenvalue weighted by Crippen LogP contribution is -2.08. The van der Waals surface area contributed by atoms with Crippen molar-refractivity contribution in [3.63, 3.8) is 0 Å². The summed E-state index contributed by atoms with van der Waals surface area (Å²) < 4.78 is 0. The molecule has 4 aromatic rings. The Morgan fingerprint density at radius 1 is 1.03 bits per heavy atom. The Kier molecular flexibility index (Phi) is 6.64. The summed E-state index contributed by atoms with van der Waals surface area (Å²) in [5, 5.41) is 4.32. The zero-order valence-electron chi connectivity index (χ0n) is 17.2. The zero-order chi connectivity index (χ0) is 22.5. The second kappa shape index (κ2) is 9.77. The molecule has 2 N–H and O–H groups in total. The van der Waals surface area contributed by atoms with Gasteiger partial charge in [0.25, 0.3) is 0 Å². The zero-order valence-corrected chi connectivity index (χ0v) is 18.7. The van der Waals surface area contributed by atoms with Gasteiger partial charge >= 0.3 is 0 Å². The van der Waals surface area contributed by atoms with Crippen LogP contribution >= 0.6 is 23.2 Å². The van der Waals surface area contributed by atoms with Gasteiger partial charge in [-0.05, 0) is 38.0 Å². The lowest BCUT2D eigenvalue weighted by Gasteiger charge is -2.12. The van der Waals surface area contributed by atoms with Crippen LogP contribution in [0.15, 0.2) is 48.9 Å². The van der Waals surface area contributed by atoms with Crippen LogP contribution in [-0.4, -0.2) is 31.5 Å². The lowest BCUT2D eigenvalue weighted by atomic mass is 10.1. The predicted octanol–water partition coefficient (Wildman–Crippen LogP) is 6.14. The summed E-state index contributed by atoms with van der Waals surface area (Å²) >= 11 is 12.6. The Hall–Kier alpha value is -3.47. The van der Waals surface area contributed by atoms with Crippen molar-refractivity contribution in [3.05, 3.63) is 81.8 Å². The Balaban J connectivity index is 1.53. The van der Waals surface area contributed by atoms with E-state index in [0.717, 1.165) is 35.4 Å². The minimum absolute atomic E-state index is 0.495. The Morgan fingerprint density at radius 2 is 1.91 bits per heavy atom. The number of halogens is 2. The van der Waals surface area contributed by atoms with E-state index in [4.69, 9.17) is 34.8 Å². The van der Waals surface area contributed by atoms with Crippen LogP contribution in [0.2, 0.25) is 10.0 Å². The lowest BCUT2D eigenvalue weighted by molar-refractivity contribution is 0.829. The van der Waals surface area contributed by atoms with E-state index in [0.29, 0.717) is 39.7 Å². The van der Waals surface area contributed by atoms with Gasteiger partial charge in [-0.3, -0.25) is 4.98 Å². The number of aryl methyl sites for hydroxylation is 2. The van der Waals surface area contributed by atoms with Gasteiger partial charge in [-0.15, -0.1) is 0 Å². The first kappa shape index (κ1) is 21.8. The van der Waals surface area contributed by atoms with Crippen molar-refractivity contribution in [2.24, 2.45) is 0 Å². The normalized spacial score (nSPS) is 10.7.